The average Bonchev–Trinajstić information content (AvgIpc) is 3.54. The first kappa shape index (κ1) is 35.2. The number of hydrogen-bond acceptors (Lipinski definition) is 5. The second kappa shape index (κ2) is 13.8. The fourth-order valence-electron chi connectivity index (χ4n) is 8.55. The van der Waals surface area contributed by atoms with Gasteiger partial charge in [-0.2, -0.15) is 0 Å². The molecule has 1 fully saturated rings. The highest BCUT2D eigenvalue weighted by atomic mass is 79.9. The van der Waals surface area contributed by atoms with Crippen molar-refractivity contribution in [2.75, 3.05) is 16.4 Å². The molecule has 51 heavy (non-hydrogen) atoms. The smallest absolute Gasteiger partial charge is 0.264 e. The lowest BCUT2D eigenvalue weighted by Gasteiger charge is -2.37. The van der Waals surface area contributed by atoms with Crippen molar-refractivity contribution in [2.24, 2.45) is 5.92 Å². The maximum absolute atomic E-state index is 16.5. The molecule has 11 heteroatoms. The van der Waals surface area contributed by atoms with Gasteiger partial charge in [0, 0.05) is 39.4 Å². The number of amides is 3. The molecule has 264 valence electrons. The maximum Gasteiger partial charge on any atom is 0.264 e. The highest BCUT2D eigenvalue weighted by Gasteiger charge is 2.67. The van der Waals surface area contributed by atoms with Gasteiger partial charge < -0.3 is 23.8 Å². The summed E-state index contributed by atoms with van der Waals surface area (Å²) in [4.78, 5) is 46.2. The summed E-state index contributed by atoms with van der Waals surface area (Å²) in [5.41, 5.74) is 3.43. The lowest BCUT2D eigenvalue weighted by molar-refractivity contribution is -0.151. The Bertz CT molecular complexity index is 1980. The molecule has 0 unspecified atom stereocenters. The number of anilines is 3. The molecular weight excluding hydrogens is 729 g/mol. The molecule has 1 saturated heterocycles. The number of hydrogen-bond donors (Lipinski definition) is 1. The number of nitrogens with zero attached hydrogens (tertiary/aromatic N) is 3. The molecule has 3 heterocycles. The largest absolute Gasteiger partial charge is 0.394 e. The third-order valence-electron chi connectivity index (χ3n) is 10.9. The van der Waals surface area contributed by atoms with E-state index in [0.717, 1.165) is 27.6 Å². The first-order chi connectivity index (χ1) is 24.5. The van der Waals surface area contributed by atoms with Gasteiger partial charge >= 0.3 is 0 Å². The molecule has 8 nitrogen and oxygen atoms in total. The monoisotopic (exact) mass is 769 g/mol. The van der Waals surface area contributed by atoms with E-state index in [4.69, 9.17) is 4.74 Å². The van der Waals surface area contributed by atoms with E-state index >= 15 is 4.11 Å². The van der Waals surface area contributed by atoms with Crippen molar-refractivity contribution in [1.82, 2.24) is 4.90 Å². The van der Waals surface area contributed by atoms with Gasteiger partial charge in [-0.15, -0.1) is 0 Å². The summed E-state index contributed by atoms with van der Waals surface area (Å²) in [5, 5.41) is 10.3. The molecule has 0 bridgehead atoms. The number of carbonyl (C=O) groups excluding carboxylic acids is 3. The van der Waals surface area contributed by atoms with Crippen LogP contribution in [0.15, 0.2) is 102 Å². The van der Waals surface area contributed by atoms with Gasteiger partial charge in [-0.3, -0.25) is 19.3 Å². The number of para-hydroxylation sites is 1. The standard InChI is InChI=1S/C40H41BrFN3O5Si/c1-26-38(51(2,3)42)36(21-37(48)43-23-29-12-8-7-11-28(29)19-33(43)24-46)50-40(26)34-20-30(41)16-17-35(34)44(39(40)49)22-27-10-9-15-32(18-27)45(25-47)31-13-5-4-6-14-31/h4-18,20,25-26,33,36,38,46H,19,21-24H2,1-3H3/t26-,33+,36+,38-,40+/m1/s1. The Morgan fingerprint density at radius 2 is 1.73 bits per heavy atom. The van der Waals surface area contributed by atoms with Gasteiger partial charge in [0.25, 0.3) is 5.91 Å². The molecule has 1 N–H and O–H groups in total. The number of benzene rings is 4. The highest BCUT2D eigenvalue weighted by molar-refractivity contribution is 9.10. The minimum Gasteiger partial charge on any atom is -0.394 e. The number of halogens is 2. The quantitative estimate of drug-likeness (QED) is 0.109. The van der Waals surface area contributed by atoms with Crippen molar-refractivity contribution >= 4 is 59.6 Å². The summed E-state index contributed by atoms with van der Waals surface area (Å²) in [6.45, 7) is 5.48. The molecule has 1 spiro atoms. The summed E-state index contributed by atoms with van der Waals surface area (Å²) in [7, 11) is -3.53. The first-order valence-corrected chi connectivity index (χ1v) is 21.1. The zero-order valence-corrected chi connectivity index (χ0v) is 31.4. The van der Waals surface area contributed by atoms with E-state index in [0.29, 0.717) is 35.6 Å². The lowest BCUT2D eigenvalue weighted by Crippen LogP contribution is -2.48. The predicted octanol–water partition coefficient (Wildman–Crippen LogP) is 7.40. The fourth-order valence-corrected chi connectivity index (χ4v) is 11.4. The van der Waals surface area contributed by atoms with E-state index in [1.54, 1.807) is 27.8 Å². The van der Waals surface area contributed by atoms with Crippen molar-refractivity contribution in [3.63, 3.8) is 0 Å². The minimum absolute atomic E-state index is 0.102. The maximum atomic E-state index is 16.5. The highest BCUT2D eigenvalue weighted by Crippen LogP contribution is 2.60. The second-order valence-corrected chi connectivity index (χ2v) is 19.1. The van der Waals surface area contributed by atoms with Crippen molar-refractivity contribution in [3.05, 3.63) is 124 Å². The predicted molar refractivity (Wildman–Crippen MR) is 201 cm³/mol. The zero-order chi connectivity index (χ0) is 36.1. The van der Waals surface area contributed by atoms with Crippen LogP contribution in [0.25, 0.3) is 0 Å². The van der Waals surface area contributed by atoms with Crippen LogP contribution in [-0.2, 0) is 44.2 Å². The van der Waals surface area contributed by atoms with E-state index in [-0.39, 0.29) is 31.4 Å². The van der Waals surface area contributed by atoms with Crippen LogP contribution in [0.2, 0.25) is 18.6 Å². The molecule has 0 aromatic heterocycles. The number of ether oxygens (including phenoxy) is 1. The van der Waals surface area contributed by atoms with Gasteiger partial charge in [0.2, 0.25) is 20.7 Å². The number of fused-ring (bicyclic) bond motifs is 3. The van der Waals surface area contributed by atoms with E-state index in [1.807, 2.05) is 104 Å². The zero-order valence-electron chi connectivity index (χ0n) is 28.8. The van der Waals surface area contributed by atoms with E-state index in [1.165, 1.54) is 0 Å². The van der Waals surface area contributed by atoms with Gasteiger partial charge in [-0.25, -0.2) is 0 Å². The second-order valence-electron chi connectivity index (χ2n) is 14.3. The summed E-state index contributed by atoms with van der Waals surface area (Å²) in [6, 6.07) is 29.9. The summed E-state index contributed by atoms with van der Waals surface area (Å²) in [6.07, 6.45) is 0.348. The molecule has 3 amide bonds. The Hall–Kier alpha value is -4.16. The lowest BCUT2D eigenvalue weighted by atomic mass is 9.82. The number of aliphatic hydroxyl groups is 1. The normalized spacial score (nSPS) is 24.1. The third kappa shape index (κ3) is 6.24. The summed E-state index contributed by atoms with van der Waals surface area (Å²) in [5.74, 6) is -1.10. The molecule has 3 aliphatic heterocycles. The van der Waals surface area contributed by atoms with Gasteiger partial charge in [0.1, 0.15) is 0 Å². The van der Waals surface area contributed by atoms with Crippen LogP contribution >= 0.6 is 15.9 Å². The molecule has 3 aliphatic rings. The van der Waals surface area contributed by atoms with Crippen molar-refractivity contribution in [1.29, 1.82) is 0 Å². The van der Waals surface area contributed by atoms with Gasteiger partial charge in [0.15, 0.2) is 5.60 Å². The molecule has 7 rings (SSSR count). The SMILES string of the molecule is C[C@@H]1[C@@H]([Si](C)(C)F)[C@H](CC(=O)N2Cc3ccccc3C[C@H]2CO)O[C@@]12C(=O)N(Cc1cccc(N(C=O)c3ccccc3)c1)c1ccc(Br)cc12. The Labute approximate surface area is 307 Å². The van der Waals surface area contributed by atoms with Crippen molar-refractivity contribution < 1.29 is 28.3 Å². The van der Waals surface area contributed by atoms with Gasteiger partial charge in [-0.1, -0.05) is 77.5 Å². The number of rotatable bonds is 9. The Morgan fingerprint density at radius 3 is 2.43 bits per heavy atom. The molecule has 5 atom stereocenters. The molecule has 0 radical (unpaired) electrons. The molecule has 0 aliphatic carbocycles. The number of carbonyl (C=O) groups is 3. The summed E-state index contributed by atoms with van der Waals surface area (Å²) >= 11 is 3.59. The Morgan fingerprint density at radius 1 is 1.02 bits per heavy atom. The average molecular weight is 771 g/mol. The first-order valence-electron chi connectivity index (χ1n) is 17.3. The van der Waals surface area contributed by atoms with Crippen LogP contribution in [0.3, 0.4) is 0 Å². The van der Waals surface area contributed by atoms with Crippen LogP contribution < -0.4 is 9.80 Å². The van der Waals surface area contributed by atoms with Crippen LogP contribution in [-0.4, -0.2) is 55.4 Å². The molecule has 4 aromatic carbocycles. The topological polar surface area (TPSA) is 90.4 Å². The minimum atomic E-state index is -3.53. The van der Waals surface area contributed by atoms with E-state index in [9.17, 15) is 19.5 Å². The molecule has 4 aromatic rings. The van der Waals surface area contributed by atoms with Gasteiger partial charge in [0.05, 0.1) is 37.4 Å². The molecule has 0 saturated carbocycles. The van der Waals surface area contributed by atoms with Crippen LogP contribution in [0.4, 0.5) is 21.2 Å². The number of aliphatic hydroxyl groups excluding tert-OH is 1. The van der Waals surface area contributed by atoms with Gasteiger partial charge in [-0.05, 0) is 78.7 Å². The van der Waals surface area contributed by atoms with Crippen LogP contribution in [0.5, 0.6) is 0 Å². The Kier molecular flexibility index (Phi) is 9.51. The van der Waals surface area contributed by atoms with Crippen molar-refractivity contribution in [2.45, 2.75) is 69.2 Å². The van der Waals surface area contributed by atoms with E-state index < -0.39 is 37.6 Å². The van der Waals surface area contributed by atoms with Crippen molar-refractivity contribution in [3.8, 4) is 0 Å². The van der Waals surface area contributed by atoms with Crippen LogP contribution in [0.1, 0.15) is 35.6 Å². The third-order valence-corrected chi connectivity index (χ3v) is 13.8. The van der Waals surface area contributed by atoms with Crippen LogP contribution in [0, 0.1) is 5.92 Å². The van der Waals surface area contributed by atoms with E-state index in [2.05, 4.69) is 15.9 Å². The fraction of sp³-hybridized carbons (Fsp3) is 0.325. The summed E-state index contributed by atoms with van der Waals surface area (Å²) < 4.78 is 24.1. The molecular formula is C40H41BrFN3O5Si. The Balaban J connectivity index is 1.22.